The average molecular weight is 284 g/mol. The Morgan fingerprint density at radius 2 is 2.20 bits per heavy atom. The summed E-state index contributed by atoms with van der Waals surface area (Å²) in [4.78, 5) is 8.51. The molecule has 0 aliphatic carbocycles. The van der Waals surface area contributed by atoms with Crippen molar-refractivity contribution in [3.63, 3.8) is 0 Å². The predicted molar refractivity (Wildman–Crippen MR) is 65.9 cm³/mol. The van der Waals surface area contributed by atoms with E-state index in [1.165, 1.54) is 11.3 Å². The topological polar surface area (TPSA) is 51.8 Å². The van der Waals surface area contributed by atoms with E-state index in [2.05, 4.69) is 25.9 Å². The average Bonchev–Trinajstić information content (AvgIpc) is 2.56. The Kier molecular flexibility index (Phi) is 3.33. The molecule has 0 fully saturated rings. The highest BCUT2D eigenvalue weighted by Crippen LogP contribution is 2.27. The van der Waals surface area contributed by atoms with Crippen LogP contribution in [0.25, 0.3) is 0 Å². The van der Waals surface area contributed by atoms with Crippen LogP contribution in [0.3, 0.4) is 0 Å². The Balaban J connectivity index is 2.02. The van der Waals surface area contributed by atoms with Gasteiger partial charge in [0.2, 0.25) is 0 Å². The van der Waals surface area contributed by atoms with Crippen molar-refractivity contribution in [3.8, 4) is 0 Å². The van der Waals surface area contributed by atoms with Gasteiger partial charge in [0.15, 0.2) is 5.13 Å². The number of nitrogens with zero attached hydrogens (tertiary/aromatic N) is 2. The molecule has 0 aliphatic heterocycles. The SMILES string of the molecule is Nc1nc(CCc2ccccn2)c(Br)s1. The van der Waals surface area contributed by atoms with Gasteiger partial charge in [-0.25, -0.2) is 4.98 Å². The van der Waals surface area contributed by atoms with Gasteiger partial charge in [-0.05, 0) is 40.9 Å². The van der Waals surface area contributed by atoms with Crippen LogP contribution in [0.4, 0.5) is 5.13 Å². The van der Waals surface area contributed by atoms with Gasteiger partial charge < -0.3 is 5.73 Å². The van der Waals surface area contributed by atoms with Gasteiger partial charge in [0.25, 0.3) is 0 Å². The van der Waals surface area contributed by atoms with Crippen molar-refractivity contribution in [1.82, 2.24) is 9.97 Å². The second-order valence-electron chi connectivity index (χ2n) is 3.09. The first-order valence-corrected chi connectivity index (χ1v) is 6.17. The van der Waals surface area contributed by atoms with Crippen LogP contribution in [0.5, 0.6) is 0 Å². The molecule has 0 bridgehead atoms. The Morgan fingerprint density at radius 3 is 2.80 bits per heavy atom. The van der Waals surface area contributed by atoms with Crippen LogP contribution in [0.1, 0.15) is 11.4 Å². The maximum Gasteiger partial charge on any atom is 0.181 e. The molecule has 15 heavy (non-hydrogen) atoms. The van der Waals surface area contributed by atoms with Crippen LogP contribution in [-0.2, 0) is 12.8 Å². The Morgan fingerprint density at radius 1 is 1.33 bits per heavy atom. The molecule has 0 saturated carbocycles. The molecular formula is C10H10BrN3S. The number of anilines is 1. The van der Waals surface area contributed by atoms with Crippen LogP contribution in [0, 0.1) is 0 Å². The predicted octanol–water partition coefficient (Wildman–Crippen LogP) is 2.67. The molecular weight excluding hydrogens is 274 g/mol. The summed E-state index contributed by atoms with van der Waals surface area (Å²) in [6.45, 7) is 0. The number of thiazole rings is 1. The van der Waals surface area contributed by atoms with Crippen molar-refractivity contribution < 1.29 is 0 Å². The number of pyridine rings is 1. The number of halogens is 1. The molecule has 0 aromatic carbocycles. The Bertz CT molecular complexity index is 441. The van der Waals surface area contributed by atoms with Gasteiger partial charge in [-0.1, -0.05) is 17.4 Å². The molecule has 0 saturated heterocycles. The van der Waals surface area contributed by atoms with E-state index in [0.29, 0.717) is 5.13 Å². The van der Waals surface area contributed by atoms with Crippen LogP contribution >= 0.6 is 27.3 Å². The number of nitrogen functional groups attached to an aromatic ring is 1. The molecule has 2 N–H and O–H groups in total. The van der Waals surface area contributed by atoms with Crippen LogP contribution < -0.4 is 5.73 Å². The minimum atomic E-state index is 0.609. The van der Waals surface area contributed by atoms with E-state index in [1.54, 1.807) is 6.20 Å². The fraction of sp³-hybridized carbons (Fsp3) is 0.200. The summed E-state index contributed by atoms with van der Waals surface area (Å²) in [5, 5.41) is 0.609. The fourth-order valence-electron chi connectivity index (χ4n) is 1.30. The first kappa shape index (κ1) is 10.6. The molecule has 0 radical (unpaired) electrons. The maximum absolute atomic E-state index is 5.61. The number of nitrogens with two attached hydrogens (primary N) is 1. The standard InChI is InChI=1S/C10H10BrN3S/c11-9-8(14-10(12)15-9)5-4-7-3-1-2-6-13-7/h1-3,6H,4-5H2,(H2,12,14). The van der Waals surface area contributed by atoms with E-state index >= 15 is 0 Å². The second-order valence-corrected chi connectivity index (χ2v) is 5.44. The zero-order valence-electron chi connectivity index (χ0n) is 7.98. The number of rotatable bonds is 3. The number of aromatic nitrogens is 2. The summed E-state index contributed by atoms with van der Waals surface area (Å²) < 4.78 is 1.02. The summed E-state index contributed by atoms with van der Waals surface area (Å²) >= 11 is 4.91. The maximum atomic E-state index is 5.61. The monoisotopic (exact) mass is 283 g/mol. The zero-order valence-corrected chi connectivity index (χ0v) is 10.4. The molecule has 5 heteroatoms. The summed E-state index contributed by atoms with van der Waals surface area (Å²) in [5.74, 6) is 0. The molecule has 2 rings (SSSR count). The molecule has 2 aromatic rings. The molecule has 0 spiro atoms. The van der Waals surface area contributed by atoms with Gasteiger partial charge in [-0.2, -0.15) is 0 Å². The van der Waals surface area contributed by atoms with E-state index in [-0.39, 0.29) is 0 Å². The van der Waals surface area contributed by atoms with E-state index < -0.39 is 0 Å². The lowest BCUT2D eigenvalue weighted by Crippen LogP contribution is -1.95. The van der Waals surface area contributed by atoms with Crippen LogP contribution in [0.15, 0.2) is 28.2 Å². The van der Waals surface area contributed by atoms with E-state index in [4.69, 9.17) is 5.73 Å². The van der Waals surface area contributed by atoms with Crippen LogP contribution in [0.2, 0.25) is 0 Å². The van der Waals surface area contributed by atoms with Crippen molar-refractivity contribution in [2.24, 2.45) is 0 Å². The largest absolute Gasteiger partial charge is 0.375 e. The molecule has 0 atom stereocenters. The van der Waals surface area contributed by atoms with Gasteiger partial charge in [-0.3, -0.25) is 4.98 Å². The van der Waals surface area contributed by atoms with Gasteiger partial charge in [0.1, 0.15) is 0 Å². The van der Waals surface area contributed by atoms with E-state index in [0.717, 1.165) is 28.0 Å². The molecule has 2 aromatic heterocycles. The smallest absolute Gasteiger partial charge is 0.181 e. The normalized spacial score (nSPS) is 10.5. The Hall–Kier alpha value is -0.940. The van der Waals surface area contributed by atoms with E-state index in [9.17, 15) is 0 Å². The lowest BCUT2D eigenvalue weighted by atomic mass is 10.2. The van der Waals surface area contributed by atoms with Gasteiger partial charge >= 0.3 is 0 Å². The van der Waals surface area contributed by atoms with Crippen molar-refractivity contribution in [3.05, 3.63) is 39.6 Å². The van der Waals surface area contributed by atoms with Crippen molar-refractivity contribution >= 4 is 32.4 Å². The third-order valence-electron chi connectivity index (χ3n) is 2.01. The van der Waals surface area contributed by atoms with Gasteiger partial charge in [0, 0.05) is 11.9 Å². The lowest BCUT2D eigenvalue weighted by Gasteiger charge is -1.97. The molecule has 3 nitrogen and oxygen atoms in total. The first-order chi connectivity index (χ1) is 7.25. The third kappa shape index (κ3) is 2.76. The number of hydrogen-bond acceptors (Lipinski definition) is 4. The minimum Gasteiger partial charge on any atom is -0.375 e. The molecule has 0 amide bonds. The minimum absolute atomic E-state index is 0.609. The van der Waals surface area contributed by atoms with Crippen LogP contribution in [-0.4, -0.2) is 9.97 Å². The zero-order chi connectivity index (χ0) is 10.7. The molecule has 0 unspecified atom stereocenters. The number of hydrogen-bond donors (Lipinski definition) is 1. The highest BCUT2D eigenvalue weighted by atomic mass is 79.9. The highest BCUT2D eigenvalue weighted by Gasteiger charge is 2.06. The summed E-state index contributed by atoms with van der Waals surface area (Å²) in [6, 6.07) is 5.93. The Labute approximate surface area is 101 Å². The van der Waals surface area contributed by atoms with Gasteiger partial charge in [-0.15, -0.1) is 0 Å². The highest BCUT2D eigenvalue weighted by molar-refractivity contribution is 9.11. The fourth-order valence-corrected chi connectivity index (χ4v) is 2.69. The summed E-state index contributed by atoms with van der Waals surface area (Å²) in [7, 11) is 0. The molecule has 0 aliphatic rings. The number of aryl methyl sites for hydroxylation is 2. The van der Waals surface area contributed by atoms with Gasteiger partial charge in [0.05, 0.1) is 9.48 Å². The second kappa shape index (κ2) is 4.72. The first-order valence-electron chi connectivity index (χ1n) is 4.56. The van der Waals surface area contributed by atoms with Crippen molar-refractivity contribution in [2.75, 3.05) is 5.73 Å². The van der Waals surface area contributed by atoms with Crippen molar-refractivity contribution in [1.29, 1.82) is 0 Å². The lowest BCUT2D eigenvalue weighted by molar-refractivity contribution is 0.886. The quantitative estimate of drug-likeness (QED) is 0.942. The summed E-state index contributed by atoms with van der Waals surface area (Å²) in [5.41, 5.74) is 7.71. The summed E-state index contributed by atoms with van der Waals surface area (Å²) in [6.07, 6.45) is 3.56. The third-order valence-corrected chi connectivity index (χ3v) is 3.67. The van der Waals surface area contributed by atoms with Crippen molar-refractivity contribution in [2.45, 2.75) is 12.8 Å². The molecule has 78 valence electrons. The molecule has 2 heterocycles. The van der Waals surface area contributed by atoms with E-state index in [1.807, 2.05) is 18.2 Å².